The molecule has 2 rings (SSSR count). The first kappa shape index (κ1) is 12.4. The maximum absolute atomic E-state index is 14.0. The molecule has 1 heterocycles. The molecule has 17 heavy (non-hydrogen) atoms. The molecule has 1 atom stereocenters. The van der Waals surface area contributed by atoms with Gasteiger partial charge in [-0.3, -0.25) is 0 Å². The normalized spacial score (nSPS) is 21.4. The van der Waals surface area contributed by atoms with E-state index in [2.05, 4.69) is 11.8 Å². The monoisotopic (exact) mass is 236 g/mol. The molecule has 1 saturated heterocycles. The summed E-state index contributed by atoms with van der Waals surface area (Å²) in [5.74, 6) is 0.607. The van der Waals surface area contributed by atoms with Crippen molar-refractivity contribution in [3.63, 3.8) is 0 Å². The Labute approximate surface area is 103 Å². The minimum absolute atomic E-state index is 0.137. The van der Waals surface area contributed by atoms with Crippen molar-refractivity contribution >= 4 is 5.69 Å². The van der Waals surface area contributed by atoms with Crippen LogP contribution in [-0.2, 0) is 6.54 Å². The lowest BCUT2D eigenvalue weighted by molar-refractivity contribution is 0.520. The molecule has 1 unspecified atom stereocenters. The molecule has 1 aromatic carbocycles. The topological polar surface area (TPSA) is 29.3 Å². The van der Waals surface area contributed by atoms with E-state index in [0.29, 0.717) is 6.54 Å². The Morgan fingerprint density at radius 3 is 2.94 bits per heavy atom. The zero-order chi connectivity index (χ0) is 12.3. The number of halogens is 1. The molecule has 1 aliphatic heterocycles. The highest BCUT2D eigenvalue weighted by atomic mass is 19.1. The molecule has 0 amide bonds. The Balaban J connectivity index is 2.26. The molecule has 0 aromatic heterocycles. The molecule has 2 nitrogen and oxygen atoms in total. The Morgan fingerprint density at radius 2 is 2.18 bits per heavy atom. The number of nitrogens with zero attached hydrogens (tertiary/aromatic N) is 1. The van der Waals surface area contributed by atoms with Crippen molar-refractivity contribution < 1.29 is 4.39 Å². The molecule has 94 valence electrons. The summed E-state index contributed by atoms with van der Waals surface area (Å²) in [4.78, 5) is 2.17. The molecular weight excluding hydrogens is 215 g/mol. The summed E-state index contributed by atoms with van der Waals surface area (Å²) in [5.41, 5.74) is 7.34. The smallest absolute Gasteiger partial charge is 0.146 e. The minimum atomic E-state index is -0.137. The standard InChI is InChI=1S/C14H21FN2/c1-11-4-3-8-17(9-7-11)14-12(10-16)5-2-6-13(14)15/h2,5-6,11H,3-4,7-10,16H2,1H3. The summed E-state index contributed by atoms with van der Waals surface area (Å²) in [7, 11) is 0. The molecule has 3 heteroatoms. The lowest BCUT2D eigenvalue weighted by Crippen LogP contribution is -2.27. The number of para-hydroxylation sites is 1. The Kier molecular flexibility index (Phi) is 4.00. The lowest BCUT2D eigenvalue weighted by Gasteiger charge is -2.25. The van der Waals surface area contributed by atoms with Gasteiger partial charge in [0.1, 0.15) is 5.82 Å². The SMILES string of the molecule is CC1CCCN(c2c(F)cccc2CN)CC1. The van der Waals surface area contributed by atoms with Gasteiger partial charge >= 0.3 is 0 Å². The Hall–Kier alpha value is -1.09. The molecule has 0 aliphatic carbocycles. The molecule has 1 aromatic rings. The fourth-order valence-electron chi connectivity index (χ4n) is 2.57. The maximum atomic E-state index is 14.0. The second-order valence-electron chi connectivity index (χ2n) is 4.97. The van der Waals surface area contributed by atoms with E-state index >= 15 is 0 Å². The van der Waals surface area contributed by atoms with Gasteiger partial charge in [0.2, 0.25) is 0 Å². The number of anilines is 1. The third-order valence-electron chi connectivity index (χ3n) is 3.62. The number of rotatable bonds is 2. The van der Waals surface area contributed by atoms with Crippen LogP contribution < -0.4 is 10.6 Å². The highest BCUT2D eigenvalue weighted by Crippen LogP contribution is 2.28. The highest BCUT2D eigenvalue weighted by molar-refractivity contribution is 5.55. The van der Waals surface area contributed by atoms with Gasteiger partial charge in [-0.15, -0.1) is 0 Å². The predicted molar refractivity (Wildman–Crippen MR) is 69.5 cm³/mol. The summed E-state index contributed by atoms with van der Waals surface area (Å²) >= 11 is 0. The lowest BCUT2D eigenvalue weighted by atomic mass is 10.0. The average molecular weight is 236 g/mol. The molecule has 0 bridgehead atoms. The van der Waals surface area contributed by atoms with Crippen molar-refractivity contribution in [2.24, 2.45) is 11.7 Å². The van der Waals surface area contributed by atoms with Crippen molar-refractivity contribution in [1.82, 2.24) is 0 Å². The van der Waals surface area contributed by atoms with Crippen molar-refractivity contribution in [3.05, 3.63) is 29.6 Å². The van der Waals surface area contributed by atoms with Crippen LogP contribution in [0.25, 0.3) is 0 Å². The third kappa shape index (κ3) is 2.78. The van der Waals surface area contributed by atoms with Crippen LogP contribution in [-0.4, -0.2) is 13.1 Å². The molecule has 0 radical (unpaired) electrons. The van der Waals surface area contributed by atoms with E-state index < -0.39 is 0 Å². The van der Waals surface area contributed by atoms with Crippen LogP contribution in [0.4, 0.5) is 10.1 Å². The fourth-order valence-corrected chi connectivity index (χ4v) is 2.57. The van der Waals surface area contributed by atoms with E-state index in [-0.39, 0.29) is 5.82 Å². The first-order chi connectivity index (χ1) is 8.22. The summed E-state index contributed by atoms with van der Waals surface area (Å²) in [6.07, 6.45) is 3.51. The zero-order valence-electron chi connectivity index (χ0n) is 10.5. The van der Waals surface area contributed by atoms with E-state index in [9.17, 15) is 4.39 Å². The summed E-state index contributed by atoms with van der Waals surface area (Å²) in [6.45, 7) is 4.56. The highest BCUT2D eigenvalue weighted by Gasteiger charge is 2.19. The van der Waals surface area contributed by atoms with Crippen molar-refractivity contribution in [1.29, 1.82) is 0 Å². The number of benzene rings is 1. The van der Waals surface area contributed by atoms with Gasteiger partial charge in [0.15, 0.2) is 0 Å². The largest absolute Gasteiger partial charge is 0.369 e. The summed E-state index contributed by atoms with van der Waals surface area (Å²) in [5, 5.41) is 0. The van der Waals surface area contributed by atoms with E-state index in [4.69, 9.17) is 5.73 Å². The van der Waals surface area contributed by atoms with Gasteiger partial charge in [0.05, 0.1) is 5.69 Å². The molecule has 1 aliphatic rings. The first-order valence-electron chi connectivity index (χ1n) is 6.44. The van der Waals surface area contributed by atoms with Crippen LogP contribution in [0.5, 0.6) is 0 Å². The van der Waals surface area contributed by atoms with E-state index in [1.165, 1.54) is 12.5 Å². The number of nitrogens with two attached hydrogens (primary N) is 1. The zero-order valence-corrected chi connectivity index (χ0v) is 10.5. The molecule has 1 fully saturated rings. The van der Waals surface area contributed by atoms with Crippen LogP contribution in [0, 0.1) is 11.7 Å². The van der Waals surface area contributed by atoms with Crippen LogP contribution in [0.2, 0.25) is 0 Å². The second-order valence-corrected chi connectivity index (χ2v) is 4.97. The summed E-state index contributed by atoms with van der Waals surface area (Å²) < 4.78 is 14.0. The van der Waals surface area contributed by atoms with Crippen LogP contribution >= 0.6 is 0 Å². The van der Waals surface area contributed by atoms with Crippen molar-refractivity contribution in [2.45, 2.75) is 32.7 Å². The van der Waals surface area contributed by atoms with E-state index in [1.807, 2.05) is 6.07 Å². The van der Waals surface area contributed by atoms with Gasteiger partial charge in [-0.25, -0.2) is 4.39 Å². The van der Waals surface area contributed by atoms with Crippen LogP contribution in [0.15, 0.2) is 18.2 Å². The Bertz CT molecular complexity index is 378. The van der Waals surface area contributed by atoms with Gasteiger partial charge in [-0.05, 0) is 36.8 Å². The maximum Gasteiger partial charge on any atom is 0.146 e. The van der Waals surface area contributed by atoms with Gasteiger partial charge in [0.25, 0.3) is 0 Å². The molecule has 0 saturated carbocycles. The van der Waals surface area contributed by atoms with Crippen LogP contribution in [0.1, 0.15) is 31.7 Å². The van der Waals surface area contributed by atoms with Gasteiger partial charge in [0, 0.05) is 19.6 Å². The van der Waals surface area contributed by atoms with Gasteiger partial charge in [-0.1, -0.05) is 19.1 Å². The molecular formula is C14H21FN2. The van der Waals surface area contributed by atoms with Gasteiger partial charge in [-0.2, -0.15) is 0 Å². The molecule has 0 spiro atoms. The van der Waals surface area contributed by atoms with Crippen molar-refractivity contribution in [3.8, 4) is 0 Å². The third-order valence-corrected chi connectivity index (χ3v) is 3.62. The quantitative estimate of drug-likeness (QED) is 0.855. The minimum Gasteiger partial charge on any atom is -0.369 e. The average Bonchev–Trinajstić information content (AvgIpc) is 2.54. The number of hydrogen-bond donors (Lipinski definition) is 1. The van der Waals surface area contributed by atoms with E-state index in [0.717, 1.165) is 43.1 Å². The first-order valence-corrected chi connectivity index (χ1v) is 6.44. The molecule has 2 N–H and O–H groups in total. The van der Waals surface area contributed by atoms with Gasteiger partial charge < -0.3 is 10.6 Å². The van der Waals surface area contributed by atoms with Crippen molar-refractivity contribution in [2.75, 3.05) is 18.0 Å². The fraction of sp³-hybridized carbons (Fsp3) is 0.571. The summed E-state index contributed by atoms with van der Waals surface area (Å²) in [6, 6.07) is 5.19. The predicted octanol–water partition coefficient (Wildman–Crippen LogP) is 2.91. The number of hydrogen-bond acceptors (Lipinski definition) is 2. The van der Waals surface area contributed by atoms with E-state index in [1.54, 1.807) is 6.07 Å². The second kappa shape index (κ2) is 5.50. The van der Waals surface area contributed by atoms with Crippen LogP contribution in [0.3, 0.4) is 0 Å². The Morgan fingerprint density at radius 1 is 1.35 bits per heavy atom.